The first-order valence-corrected chi connectivity index (χ1v) is 13.7. The lowest BCUT2D eigenvalue weighted by molar-refractivity contribution is -0.217. The lowest BCUT2D eigenvalue weighted by Crippen LogP contribution is -2.69. The van der Waals surface area contributed by atoms with Gasteiger partial charge in [-0.2, -0.15) is 5.06 Å². The van der Waals surface area contributed by atoms with E-state index in [1.165, 1.54) is 11.1 Å². The number of aliphatic hydroxyl groups is 1. The molecule has 2 aromatic carbocycles. The third-order valence-electron chi connectivity index (χ3n) is 8.36. The minimum Gasteiger partial charge on any atom is -0.458 e. The molecule has 2 N–H and O–H groups in total. The van der Waals surface area contributed by atoms with Gasteiger partial charge >= 0.3 is 5.97 Å². The molecule has 9 nitrogen and oxygen atoms in total. The maximum Gasteiger partial charge on any atom is 0.327 e. The Morgan fingerprint density at radius 3 is 2.49 bits per heavy atom. The fourth-order valence-electron chi connectivity index (χ4n) is 6.86. The minimum absolute atomic E-state index is 0.0849. The van der Waals surface area contributed by atoms with Gasteiger partial charge in [0.25, 0.3) is 0 Å². The molecule has 2 aromatic rings. The average Bonchev–Trinajstić information content (AvgIpc) is 3.55. The second-order valence-electron chi connectivity index (χ2n) is 10.5. The number of hydroxylamine groups is 2. The Labute approximate surface area is 227 Å². The van der Waals surface area contributed by atoms with Crippen molar-refractivity contribution in [3.05, 3.63) is 68.8 Å². The van der Waals surface area contributed by atoms with Crippen molar-refractivity contribution in [3.8, 4) is 0 Å². The van der Waals surface area contributed by atoms with Crippen LogP contribution in [0.25, 0.3) is 0 Å². The van der Waals surface area contributed by atoms with E-state index in [1.807, 2.05) is 36.4 Å². The van der Waals surface area contributed by atoms with Crippen molar-refractivity contribution in [1.29, 1.82) is 0 Å². The molecule has 0 radical (unpaired) electrons. The number of nitrogens with one attached hydrogen (secondary N) is 1. The first-order chi connectivity index (χ1) is 17.9. The molecule has 194 valence electrons. The molecule has 2 bridgehead atoms. The SMILES string of the molecule is O=C1O[C@@H]2C[C@@]3(C(=O)NCCO)[C@H](ON(Cc4ccc(I)cc4)[C@@H]13)[C@H]1OC3(Cc4ccccc4C3)O[C@H]12. The second kappa shape index (κ2) is 8.72. The van der Waals surface area contributed by atoms with Crippen molar-refractivity contribution in [2.75, 3.05) is 13.2 Å². The van der Waals surface area contributed by atoms with E-state index in [9.17, 15) is 14.7 Å². The van der Waals surface area contributed by atoms with Gasteiger partial charge in [-0.05, 0) is 51.4 Å². The zero-order valence-electron chi connectivity index (χ0n) is 20.0. The Morgan fingerprint density at radius 1 is 1.08 bits per heavy atom. The molecule has 3 saturated heterocycles. The summed E-state index contributed by atoms with van der Waals surface area (Å²) in [5.41, 5.74) is 2.06. The topological polar surface area (TPSA) is 107 Å². The van der Waals surface area contributed by atoms with Gasteiger partial charge in [0.2, 0.25) is 5.91 Å². The highest BCUT2D eigenvalue weighted by atomic mass is 127. The van der Waals surface area contributed by atoms with Crippen molar-refractivity contribution in [2.24, 2.45) is 5.41 Å². The third kappa shape index (κ3) is 3.60. The van der Waals surface area contributed by atoms with Gasteiger partial charge in [0, 0.05) is 29.4 Å². The maximum atomic E-state index is 13.8. The number of rotatable bonds is 5. The lowest BCUT2D eigenvalue weighted by atomic mass is 9.62. The Bertz CT molecular complexity index is 1230. The molecule has 4 fully saturated rings. The van der Waals surface area contributed by atoms with Crippen LogP contribution in [-0.2, 0) is 48.0 Å². The average molecular weight is 618 g/mol. The second-order valence-corrected chi connectivity index (χ2v) is 11.8. The van der Waals surface area contributed by atoms with Crippen LogP contribution in [0.15, 0.2) is 48.5 Å². The summed E-state index contributed by atoms with van der Waals surface area (Å²) >= 11 is 2.24. The summed E-state index contributed by atoms with van der Waals surface area (Å²) in [5, 5.41) is 13.8. The molecule has 37 heavy (non-hydrogen) atoms. The van der Waals surface area contributed by atoms with Gasteiger partial charge in [0.15, 0.2) is 11.8 Å². The van der Waals surface area contributed by atoms with E-state index in [-0.39, 0.29) is 25.5 Å². The van der Waals surface area contributed by atoms with Crippen molar-refractivity contribution < 1.29 is 33.7 Å². The molecule has 2 aliphatic carbocycles. The van der Waals surface area contributed by atoms with E-state index < -0.39 is 47.6 Å². The van der Waals surface area contributed by atoms with Gasteiger partial charge in [-0.25, -0.2) is 0 Å². The molecule has 5 aliphatic rings. The molecule has 0 unspecified atom stereocenters. The molecule has 1 saturated carbocycles. The predicted molar refractivity (Wildman–Crippen MR) is 137 cm³/mol. The van der Waals surface area contributed by atoms with Crippen molar-refractivity contribution in [1.82, 2.24) is 10.4 Å². The molecule has 10 heteroatoms. The smallest absolute Gasteiger partial charge is 0.327 e. The lowest BCUT2D eigenvalue weighted by Gasteiger charge is -2.48. The van der Waals surface area contributed by atoms with Crippen LogP contribution in [0.2, 0.25) is 0 Å². The zero-order valence-corrected chi connectivity index (χ0v) is 22.1. The number of fused-ring (bicyclic) bond motifs is 5. The summed E-state index contributed by atoms with van der Waals surface area (Å²) in [7, 11) is 0. The zero-order chi connectivity index (χ0) is 25.4. The van der Waals surface area contributed by atoms with Crippen molar-refractivity contribution >= 4 is 34.5 Å². The van der Waals surface area contributed by atoms with Gasteiger partial charge in [-0.1, -0.05) is 36.4 Å². The molecule has 3 aliphatic heterocycles. The van der Waals surface area contributed by atoms with E-state index in [1.54, 1.807) is 5.06 Å². The number of hydrogen-bond acceptors (Lipinski definition) is 8. The van der Waals surface area contributed by atoms with E-state index >= 15 is 0 Å². The fraction of sp³-hybridized carbons (Fsp3) is 0.481. The maximum absolute atomic E-state index is 13.8. The van der Waals surface area contributed by atoms with Crippen LogP contribution in [0, 0.1) is 8.99 Å². The summed E-state index contributed by atoms with van der Waals surface area (Å²) in [6.07, 6.45) is -1.06. The van der Waals surface area contributed by atoms with Crippen LogP contribution in [0.1, 0.15) is 23.1 Å². The summed E-state index contributed by atoms with van der Waals surface area (Å²) in [6.45, 7) is 0.189. The Balaban J connectivity index is 1.26. The number of amides is 1. The van der Waals surface area contributed by atoms with Crippen LogP contribution in [0.4, 0.5) is 0 Å². The minimum atomic E-state index is -1.22. The highest BCUT2D eigenvalue weighted by molar-refractivity contribution is 14.1. The summed E-state index contributed by atoms with van der Waals surface area (Å²) in [5.74, 6) is -1.71. The van der Waals surface area contributed by atoms with Crippen LogP contribution >= 0.6 is 22.6 Å². The van der Waals surface area contributed by atoms with E-state index in [0.717, 1.165) is 9.13 Å². The molecule has 3 heterocycles. The quantitative estimate of drug-likeness (QED) is 0.384. The molecule has 1 amide bonds. The highest BCUT2D eigenvalue weighted by Gasteiger charge is 2.76. The largest absolute Gasteiger partial charge is 0.458 e. The molecular weight excluding hydrogens is 591 g/mol. The summed E-state index contributed by atoms with van der Waals surface area (Å²) < 4.78 is 20.3. The van der Waals surface area contributed by atoms with E-state index in [2.05, 4.69) is 40.0 Å². The van der Waals surface area contributed by atoms with Crippen LogP contribution in [0.3, 0.4) is 0 Å². The first-order valence-electron chi connectivity index (χ1n) is 12.6. The number of hydrogen-bond donors (Lipinski definition) is 2. The standard InChI is InChI=1S/C27H27IN2O7/c28-18-7-5-15(6-8-18)14-30-22-24(32)34-19-13-27(22,25(33)29-9-10-31)23(37-30)21-20(19)35-26(36-21)11-16-3-1-2-4-17(16)12-26/h1-8,19-23,31H,9-14H2,(H,29,33)/t19-,20+,21+,22+,23-,27+/m1/s1. The number of nitrogens with zero attached hydrogens (tertiary/aromatic N) is 1. The monoisotopic (exact) mass is 618 g/mol. The molecule has 6 atom stereocenters. The third-order valence-corrected chi connectivity index (χ3v) is 9.08. The number of esters is 1. The predicted octanol–water partition coefficient (Wildman–Crippen LogP) is 1.48. The molecule has 7 rings (SSSR count). The van der Waals surface area contributed by atoms with Gasteiger partial charge in [0.1, 0.15) is 29.8 Å². The Morgan fingerprint density at radius 2 is 1.78 bits per heavy atom. The van der Waals surface area contributed by atoms with Gasteiger partial charge in [0.05, 0.1) is 13.2 Å². The highest BCUT2D eigenvalue weighted by Crippen LogP contribution is 2.58. The number of halogens is 1. The number of ether oxygens (including phenoxy) is 3. The number of benzene rings is 2. The number of carbonyl (C=O) groups is 2. The molecular formula is C27H27IN2O7. The first kappa shape index (κ1) is 24.0. The van der Waals surface area contributed by atoms with Crippen LogP contribution < -0.4 is 5.32 Å². The van der Waals surface area contributed by atoms with E-state index in [0.29, 0.717) is 19.4 Å². The van der Waals surface area contributed by atoms with Gasteiger partial charge in [-0.3, -0.25) is 14.4 Å². The van der Waals surface area contributed by atoms with Crippen LogP contribution in [0.5, 0.6) is 0 Å². The fourth-order valence-corrected chi connectivity index (χ4v) is 7.22. The normalized spacial score (nSPS) is 34.8. The van der Waals surface area contributed by atoms with Gasteiger partial charge in [-0.15, -0.1) is 0 Å². The summed E-state index contributed by atoms with van der Waals surface area (Å²) in [6, 6.07) is 15.2. The molecule has 1 spiro atoms. The van der Waals surface area contributed by atoms with E-state index in [4.69, 9.17) is 19.0 Å². The number of aliphatic hydroxyl groups excluding tert-OH is 1. The summed E-state index contributed by atoms with van der Waals surface area (Å²) in [4.78, 5) is 33.8. The Kier molecular flexibility index (Phi) is 5.65. The Hall–Kier alpha value is -2.09. The number of carbonyl (C=O) groups excluding carboxylic acids is 2. The van der Waals surface area contributed by atoms with Gasteiger partial charge < -0.3 is 24.6 Å². The van der Waals surface area contributed by atoms with Crippen LogP contribution in [-0.4, -0.2) is 71.4 Å². The van der Waals surface area contributed by atoms with Crippen molar-refractivity contribution in [2.45, 2.75) is 62.1 Å². The van der Waals surface area contributed by atoms with Crippen molar-refractivity contribution in [3.63, 3.8) is 0 Å². The molecule has 0 aromatic heterocycles.